The van der Waals surface area contributed by atoms with Crippen molar-refractivity contribution in [2.24, 2.45) is 23.2 Å². The first kappa shape index (κ1) is 32.2. The Hall–Kier alpha value is -1.71. The van der Waals surface area contributed by atoms with E-state index in [1.807, 2.05) is 12.1 Å². The first-order valence-corrected chi connectivity index (χ1v) is 15.9. The predicted molar refractivity (Wildman–Crippen MR) is 158 cm³/mol. The summed E-state index contributed by atoms with van der Waals surface area (Å²) in [5.74, 6) is 1.99. The summed E-state index contributed by atoms with van der Waals surface area (Å²) in [5.41, 5.74) is 2.89. The van der Waals surface area contributed by atoms with E-state index in [1.54, 1.807) is 0 Å². The van der Waals surface area contributed by atoms with Crippen LogP contribution in [0.4, 0.5) is 0 Å². The minimum Gasteiger partial charge on any atom is -0.508 e. The number of rotatable bonds is 18. The first-order valence-electron chi connectivity index (χ1n) is 15.9. The standard InChI is InChI=1S/C33H53NO7/c1-33-13-11-28-27-8-7-26(35)23-25(27)22-24(32(28)29(33)9-10-30(33)36)6-4-3-5-14-34(2)15-17-40-19-21-41-20-18-39-16-12-31(37)38/h7-8,23-24,28-30,32,35-36H,3-6,9-22H2,1-2H3,(H,37,38)/t24-,28-,29+,30+,32+,33+/m1/s1. The number of hydrogen-bond donors (Lipinski definition) is 3. The normalized spacial score (nSPS) is 28.8. The molecule has 0 heterocycles. The summed E-state index contributed by atoms with van der Waals surface area (Å²) < 4.78 is 16.3. The van der Waals surface area contributed by atoms with Gasteiger partial charge in [0.15, 0.2) is 0 Å². The molecule has 232 valence electrons. The fourth-order valence-electron chi connectivity index (χ4n) is 8.03. The van der Waals surface area contributed by atoms with Gasteiger partial charge in [0.05, 0.1) is 52.2 Å². The number of carbonyl (C=O) groups is 1. The van der Waals surface area contributed by atoms with Gasteiger partial charge >= 0.3 is 5.97 Å². The Bertz CT molecular complexity index is 958. The maximum Gasteiger partial charge on any atom is 0.305 e. The van der Waals surface area contributed by atoms with Crippen LogP contribution in [0, 0.1) is 23.2 Å². The fourth-order valence-corrected chi connectivity index (χ4v) is 8.03. The van der Waals surface area contributed by atoms with Crippen LogP contribution >= 0.6 is 0 Å². The van der Waals surface area contributed by atoms with Crippen LogP contribution in [0.25, 0.3) is 0 Å². The number of unbranched alkanes of at least 4 members (excludes halogenated alkanes) is 2. The highest BCUT2D eigenvalue weighted by molar-refractivity contribution is 5.66. The molecule has 2 fully saturated rings. The maximum atomic E-state index is 10.9. The van der Waals surface area contributed by atoms with E-state index in [0.29, 0.717) is 62.5 Å². The molecule has 4 rings (SSSR count). The van der Waals surface area contributed by atoms with Gasteiger partial charge in [0.25, 0.3) is 0 Å². The van der Waals surface area contributed by atoms with Gasteiger partial charge in [0.1, 0.15) is 5.75 Å². The van der Waals surface area contributed by atoms with Gasteiger partial charge < -0.3 is 34.4 Å². The molecule has 0 unspecified atom stereocenters. The molecule has 8 nitrogen and oxygen atoms in total. The van der Waals surface area contributed by atoms with Crippen molar-refractivity contribution in [2.45, 2.75) is 83.2 Å². The summed E-state index contributed by atoms with van der Waals surface area (Å²) in [6, 6.07) is 6.06. The number of aromatic hydroxyl groups is 1. The number of aliphatic hydroxyl groups excluding tert-OH is 1. The van der Waals surface area contributed by atoms with E-state index in [-0.39, 0.29) is 24.5 Å². The largest absolute Gasteiger partial charge is 0.508 e. The van der Waals surface area contributed by atoms with Crippen molar-refractivity contribution in [1.29, 1.82) is 0 Å². The zero-order chi connectivity index (χ0) is 29.2. The van der Waals surface area contributed by atoms with Crippen LogP contribution in [0.5, 0.6) is 5.75 Å². The number of nitrogens with zero attached hydrogens (tertiary/aromatic N) is 1. The average molecular weight is 576 g/mol. The molecule has 0 amide bonds. The highest BCUT2D eigenvalue weighted by Gasteiger charge is 2.56. The first-order chi connectivity index (χ1) is 19.8. The second-order valence-corrected chi connectivity index (χ2v) is 12.9. The molecule has 1 aromatic carbocycles. The van der Waals surface area contributed by atoms with Crippen LogP contribution in [0.15, 0.2) is 18.2 Å². The predicted octanol–water partition coefficient (Wildman–Crippen LogP) is 4.85. The third-order valence-electron chi connectivity index (χ3n) is 10.3. The summed E-state index contributed by atoms with van der Waals surface area (Å²) >= 11 is 0. The zero-order valence-corrected chi connectivity index (χ0v) is 25.3. The van der Waals surface area contributed by atoms with Gasteiger partial charge in [0.2, 0.25) is 0 Å². The SMILES string of the molecule is CN(CCCCC[C@@H]1Cc2cc(O)ccc2[C@H]2CC[C@]3(C)[C@@H](O)CC[C@H]3[C@@H]12)CCOCCOCCOCCC(=O)O. The smallest absolute Gasteiger partial charge is 0.305 e. The molecule has 0 bridgehead atoms. The van der Waals surface area contributed by atoms with Crippen LogP contribution in [-0.2, 0) is 25.4 Å². The lowest BCUT2D eigenvalue weighted by Crippen LogP contribution is -2.47. The summed E-state index contributed by atoms with van der Waals surface area (Å²) in [6.45, 7) is 7.11. The monoisotopic (exact) mass is 575 g/mol. The molecule has 0 aliphatic heterocycles. The molecule has 1 aromatic rings. The number of carboxylic acids is 1. The topological polar surface area (TPSA) is 109 Å². The van der Waals surface area contributed by atoms with Crippen molar-refractivity contribution in [2.75, 3.05) is 59.8 Å². The van der Waals surface area contributed by atoms with Crippen molar-refractivity contribution in [3.63, 3.8) is 0 Å². The highest BCUT2D eigenvalue weighted by atomic mass is 16.5. The summed E-state index contributed by atoms with van der Waals surface area (Å²) in [4.78, 5) is 12.8. The van der Waals surface area contributed by atoms with E-state index in [2.05, 4.69) is 24.9 Å². The molecule has 3 N–H and O–H groups in total. The maximum absolute atomic E-state index is 10.9. The molecule has 0 radical (unpaired) electrons. The number of phenolic OH excluding ortho intramolecular Hbond substituents is 1. The van der Waals surface area contributed by atoms with Crippen molar-refractivity contribution >= 4 is 5.97 Å². The van der Waals surface area contributed by atoms with E-state index in [1.165, 1.54) is 36.8 Å². The number of fused-ring (bicyclic) bond motifs is 5. The van der Waals surface area contributed by atoms with Gasteiger partial charge in [-0.05, 0) is 111 Å². The van der Waals surface area contributed by atoms with Crippen molar-refractivity contribution < 1.29 is 34.3 Å². The molecule has 0 aromatic heterocycles. The number of carboxylic acid groups (broad SMARTS) is 1. The highest BCUT2D eigenvalue weighted by Crippen LogP contribution is 2.62. The Morgan fingerprint density at radius 1 is 0.976 bits per heavy atom. The number of hydrogen-bond acceptors (Lipinski definition) is 7. The second-order valence-electron chi connectivity index (χ2n) is 12.9. The molecule has 3 aliphatic rings. The van der Waals surface area contributed by atoms with Crippen LogP contribution in [-0.4, -0.2) is 92.1 Å². The lowest BCUT2D eigenvalue weighted by atomic mass is 9.52. The molecule has 0 saturated heterocycles. The zero-order valence-electron chi connectivity index (χ0n) is 25.3. The van der Waals surface area contributed by atoms with Gasteiger partial charge in [-0.25, -0.2) is 0 Å². The Labute approximate surface area is 246 Å². The fraction of sp³-hybridized carbons (Fsp3) is 0.788. The molecular weight excluding hydrogens is 522 g/mol. The van der Waals surface area contributed by atoms with E-state index >= 15 is 0 Å². The number of benzene rings is 1. The number of aliphatic carboxylic acids is 1. The molecule has 8 heteroatoms. The minimum absolute atomic E-state index is 0.0187. The number of phenols is 1. The van der Waals surface area contributed by atoms with E-state index in [0.717, 1.165) is 45.2 Å². The molecule has 3 aliphatic carbocycles. The van der Waals surface area contributed by atoms with Crippen LogP contribution in [0.2, 0.25) is 0 Å². The number of likely N-dealkylation sites (N-methyl/N-ethyl adjacent to an activating group) is 1. The van der Waals surface area contributed by atoms with Crippen LogP contribution in [0.3, 0.4) is 0 Å². The lowest BCUT2D eigenvalue weighted by Gasteiger charge is -2.53. The minimum atomic E-state index is -0.853. The van der Waals surface area contributed by atoms with E-state index in [4.69, 9.17) is 19.3 Å². The van der Waals surface area contributed by atoms with Crippen molar-refractivity contribution in [1.82, 2.24) is 4.90 Å². The Morgan fingerprint density at radius 3 is 2.46 bits per heavy atom. The van der Waals surface area contributed by atoms with E-state index < -0.39 is 5.97 Å². The van der Waals surface area contributed by atoms with Gasteiger partial charge in [-0.1, -0.05) is 25.8 Å². The van der Waals surface area contributed by atoms with Crippen LogP contribution in [0.1, 0.15) is 81.8 Å². The third kappa shape index (κ3) is 8.66. The lowest BCUT2D eigenvalue weighted by molar-refractivity contribution is -0.138. The van der Waals surface area contributed by atoms with Crippen molar-refractivity contribution in [3.8, 4) is 5.75 Å². The third-order valence-corrected chi connectivity index (χ3v) is 10.3. The Morgan fingerprint density at radius 2 is 1.71 bits per heavy atom. The number of ether oxygens (including phenoxy) is 3. The molecule has 0 spiro atoms. The quantitative estimate of drug-likeness (QED) is 0.213. The summed E-state index contributed by atoms with van der Waals surface area (Å²) in [5, 5.41) is 29.6. The van der Waals surface area contributed by atoms with Gasteiger partial charge in [-0.2, -0.15) is 0 Å². The van der Waals surface area contributed by atoms with Gasteiger partial charge in [-0.3, -0.25) is 4.79 Å². The Kier molecular flexibility index (Phi) is 12.3. The molecule has 2 saturated carbocycles. The molecular formula is C33H53NO7. The number of aliphatic hydroxyl groups is 1. The van der Waals surface area contributed by atoms with Crippen molar-refractivity contribution in [3.05, 3.63) is 29.3 Å². The Balaban J connectivity index is 1.12. The second kappa shape index (κ2) is 15.7. The molecule has 6 atom stereocenters. The van der Waals surface area contributed by atoms with Gasteiger partial charge in [-0.15, -0.1) is 0 Å². The van der Waals surface area contributed by atoms with Gasteiger partial charge in [0, 0.05) is 6.54 Å². The molecule has 41 heavy (non-hydrogen) atoms. The van der Waals surface area contributed by atoms with E-state index in [9.17, 15) is 15.0 Å². The van der Waals surface area contributed by atoms with Crippen LogP contribution < -0.4 is 0 Å². The summed E-state index contributed by atoms with van der Waals surface area (Å²) in [6.07, 6.45) is 10.2. The average Bonchev–Trinajstić information content (AvgIpc) is 3.24. The summed E-state index contributed by atoms with van der Waals surface area (Å²) in [7, 11) is 2.15.